The summed E-state index contributed by atoms with van der Waals surface area (Å²) in [5.74, 6) is 0. The molecule has 16 heavy (non-hydrogen) atoms. The highest BCUT2D eigenvalue weighted by atomic mass is 16.5. The zero-order valence-corrected chi connectivity index (χ0v) is 9.79. The highest BCUT2D eigenvalue weighted by Crippen LogP contribution is 2.25. The number of rotatable bonds is 3. The van der Waals surface area contributed by atoms with Crippen molar-refractivity contribution in [3.8, 4) is 0 Å². The van der Waals surface area contributed by atoms with Crippen LogP contribution in [0.4, 0.5) is 0 Å². The zero-order chi connectivity index (χ0) is 11.5. The lowest BCUT2D eigenvalue weighted by molar-refractivity contribution is 0.185. The first kappa shape index (κ1) is 10.9. The highest BCUT2D eigenvalue weighted by Gasteiger charge is 2.02. The lowest BCUT2D eigenvalue weighted by Gasteiger charge is -2.08. The summed E-state index contributed by atoms with van der Waals surface area (Å²) in [6.45, 7) is 6.71. The maximum atomic E-state index is 5.15. The van der Waals surface area contributed by atoms with Gasteiger partial charge in [-0.15, -0.1) is 0 Å². The van der Waals surface area contributed by atoms with E-state index >= 15 is 0 Å². The van der Waals surface area contributed by atoms with Crippen LogP contribution in [0.5, 0.6) is 0 Å². The van der Waals surface area contributed by atoms with Crippen molar-refractivity contribution < 1.29 is 4.74 Å². The molecule has 0 radical (unpaired) electrons. The van der Waals surface area contributed by atoms with Gasteiger partial charge in [-0.2, -0.15) is 0 Å². The Kier molecular flexibility index (Phi) is 3.07. The van der Waals surface area contributed by atoms with Crippen LogP contribution in [-0.4, -0.2) is 7.11 Å². The number of methoxy groups -OCH3 is 1. The third-order valence-electron chi connectivity index (χ3n) is 2.72. The number of hydrogen-bond donors (Lipinski definition) is 0. The van der Waals surface area contributed by atoms with Gasteiger partial charge >= 0.3 is 0 Å². The van der Waals surface area contributed by atoms with Crippen molar-refractivity contribution in [3.05, 3.63) is 54.1 Å². The first-order valence-corrected chi connectivity index (χ1v) is 5.39. The number of benzene rings is 2. The molecule has 2 aromatic rings. The van der Waals surface area contributed by atoms with Crippen molar-refractivity contribution in [3.63, 3.8) is 0 Å². The summed E-state index contributed by atoms with van der Waals surface area (Å²) < 4.78 is 5.15. The van der Waals surface area contributed by atoms with Crippen molar-refractivity contribution in [1.82, 2.24) is 0 Å². The average Bonchev–Trinajstić information content (AvgIpc) is 2.28. The molecule has 2 rings (SSSR count). The molecule has 0 saturated heterocycles. The normalized spacial score (nSPS) is 10.6. The van der Waals surface area contributed by atoms with Crippen LogP contribution in [-0.2, 0) is 11.3 Å². The Morgan fingerprint density at radius 3 is 2.75 bits per heavy atom. The predicted octanol–water partition coefficient (Wildman–Crippen LogP) is 4.02. The first-order valence-electron chi connectivity index (χ1n) is 5.39. The number of fused-ring (bicyclic) bond motifs is 1. The molecule has 0 aliphatic rings. The van der Waals surface area contributed by atoms with Gasteiger partial charge in [-0.3, -0.25) is 0 Å². The van der Waals surface area contributed by atoms with Crippen LogP contribution in [0.1, 0.15) is 18.1 Å². The molecule has 0 amide bonds. The van der Waals surface area contributed by atoms with Crippen molar-refractivity contribution in [2.45, 2.75) is 13.5 Å². The zero-order valence-electron chi connectivity index (χ0n) is 9.79. The van der Waals surface area contributed by atoms with E-state index in [1.807, 2.05) is 6.92 Å². The Bertz CT molecular complexity index is 526. The van der Waals surface area contributed by atoms with Gasteiger partial charge < -0.3 is 4.74 Å². The maximum Gasteiger partial charge on any atom is 0.0713 e. The van der Waals surface area contributed by atoms with Crippen molar-refractivity contribution in [2.24, 2.45) is 0 Å². The molecule has 0 unspecified atom stereocenters. The molecular weight excluding hydrogens is 196 g/mol. The van der Waals surface area contributed by atoms with Gasteiger partial charge in [0, 0.05) is 7.11 Å². The van der Waals surface area contributed by atoms with Gasteiger partial charge in [-0.1, -0.05) is 42.5 Å². The standard InChI is InChI=1S/C15H16O/c1-11(2)14-6-4-5-13-8-7-12(10-16-3)9-15(13)14/h4-9H,1,10H2,2-3H3. The summed E-state index contributed by atoms with van der Waals surface area (Å²) in [5, 5.41) is 2.50. The fraction of sp³-hybridized carbons (Fsp3) is 0.200. The van der Waals surface area contributed by atoms with Crippen LogP contribution in [0.2, 0.25) is 0 Å². The van der Waals surface area contributed by atoms with E-state index in [2.05, 4.69) is 43.0 Å². The Morgan fingerprint density at radius 2 is 2.06 bits per heavy atom. The molecule has 0 N–H and O–H groups in total. The maximum absolute atomic E-state index is 5.15. The first-order chi connectivity index (χ1) is 7.72. The molecule has 0 aliphatic heterocycles. The molecule has 0 atom stereocenters. The third-order valence-corrected chi connectivity index (χ3v) is 2.72. The molecule has 2 aromatic carbocycles. The second kappa shape index (κ2) is 4.50. The van der Waals surface area contributed by atoms with Crippen molar-refractivity contribution in [1.29, 1.82) is 0 Å². The van der Waals surface area contributed by atoms with Gasteiger partial charge in [0.05, 0.1) is 6.61 Å². The number of ether oxygens (including phenoxy) is 1. The summed E-state index contributed by atoms with van der Waals surface area (Å²) in [7, 11) is 1.72. The molecule has 0 saturated carbocycles. The van der Waals surface area contributed by atoms with E-state index in [0.29, 0.717) is 6.61 Å². The van der Waals surface area contributed by atoms with E-state index in [-0.39, 0.29) is 0 Å². The Hall–Kier alpha value is -1.60. The van der Waals surface area contributed by atoms with Gasteiger partial charge in [0.2, 0.25) is 0 Å². The SMILES string of the molecule is C=C(C)c1cccc2ccc(COC)cc12. The van der Waals surface area contributed by atoms with Crippen LogP contribution in [0.25, 0.3) is 16.3 Å². The molecule has 0 fully saturated rings. The summed E-state index contributed by atoms with van der Waals surface area (Å²) in [6, 6.07) is 12.7. The monoisotopic (exact) mass is 212 g/mol. The topological polar surface area (TPSA) is 9.23 Å². The summed E-state index contributed by atoms with van der Waals surface area (Å²) in [6.07, 6.45) is 0. The van der Waals surface area contributed by atoms with Crippen LogP contribution < -0.4 is 0 Å². The van der Waals surface area contributed by atoms with Crippen LogP contribution in [0.15, 0.2) is 43.0 Å². The molecule has 1 heteroatoms. The highest BCUT2D eigenvalue weighted by molar-refractivity contribution is 5.93. The smallest absolute Gasteiger partial charge is 0.0713 e. The predicted molar refractivity (Wildman–Crippen MR) is 69.4 cm³/mol. The van der Waals surface area contributed by atoms with E-state index < -0.39 is 0 Å². The third kappa shape index (κ3) is 2.00. The fourth-order valence-corrected chi connectivity index (χ4v) is 1.95. The Morgan fingerprint density at radius 1 is 1.25 bits per heavy atom. The summed E-state index contributed by atoms with van der Waals surface area (Å²) in [4.78, 5) is 0. The van der Waals surface area contributed by atoms with E-state index in [0.717, 1.165) is 5.57 Å². The van der Waals surface area contributed by atoms with Gasteiger partial charge in [0.1, 0.15) is 0 Å². The molecular formula is C15H16O. The molecule has 1 nitrogen and oxygen atoms in total. The molecule has 0 bridgehead atoms. The minimum atomic E-state index is 0.653. The Labute approximate surface area is 96.4 Å². The van der Waals surface area contributed by atoms with Crippen LogP contribution >= 0.6 is 0 Å². The Balaban J connectivity index is 2.63. The molecule has 0 spiro atoms. The largest absolute Gasteiger partial charge is 0.380 e. The van der Waals surface area contributed by atoms with Crippen molar-refractivity contribution in [2.75, 3.05) is 7.11 Å². The van der Waals surface area contributed by atoms with E-state index in [1.165, 1.54) is 21.9 Å². The molecule has 0 aromatic heterocycles. The minimum absolute atomic E-state index is 0.653. The van der Waals surface area contributed by atoms with E-state index in [4.69, 9.17) is 4.74 Å². The molecule has 0 aliphatic carbocycles. The molecule has 0 heterocycles. The lowest BCUT2D eigenvalue weighted by Crippen LogP contribution is -1.89. The van der Waals surface area contributed by atoms with Crippen LogP contribution in [0, 0.1) is 0 Å². The van der Waals surface area contributed by atoms with Gasteiger partial charge in [0.15, 0.2) is 0 Å². The van der Waals surface area contributed by atoms with Gasteiger partial charge in [-0.25, -0.2) is 0 Å². The molecule has 82 valence electrons. The summed E-state index contributed by atoms with van der Waals surface area (Å²) >= 11 is 0. The minimum Gasteiger partial charge on any atom is -0.380 e. The van der Waals surface area contributed by atoms with Crippen LogP contribution in [0.3, 0.4) is 0 Å². The number of hydrogen-bond acceptors (Lipinski definition) is 1. The average molecular weight is 212 g/mol. The fourth-order valence-electron chi connectivity index (χ4n) is 1.95. The van der Waals surface area contributed by atoms with Crippen molar-refractivity contribution >= 4 is 16.3 Å². The second-order valence-electron chi connectivity index (χ2n) is 4.07. The van der Waals surface area contributed by atoms with E-state index in [9.17, 15) is 0 Å². The van der Waals surface area contributed by atoms with Gasteiger partial charge in [0.25, 0.3) is 0 Å². The quantitative estimate of drug-likeness (QED) is 0.746. The van der Waals surface area contributed by atoms with Gasteiger partial charge in [-0.05, 0) is 34.9 Å². The number of allylic oxidation sites excluding steroid dienone is 1. The summed E-state index contributed by atoms with van der Waals surface area (Å²) in [5.41, 5.74) is 3.51. The lowest BCUT2D eigenvalue weighted by atomic mass is 9.98. The second-order valence-corrected chi connectivity index (χ2v) is 4.07. The van der Waals surface area contributed by atoms with E-state index in [1.54, 1.807) is 7.11 Å².